The lowest BCUT2D eigenvalue weighted by molar-refractivity contribution is -0.148. The molecule has 5 heteroatoms. The van der Waals surface area contributed by atoms with Crippen molar-refractivity contribution in [1.82, 2.24) is 9.80 Å². The number of urea groups is 1. The van der Waals surface area contributed by atoms with Gasteiger partial charge < -0.3 is 14.9 Å². The van der Waals surface area contributed by atoms with Crippen molar-refractivity contribution in [2.75, 3.05) is 19.6 Å². The second-order valence-corrected chi connectivity index (χ2v) is 6.58. The molecule has 1 N–H and O–H groups in total. The largest absolute Gasteiger partial charge is 0.479 e. The first-order valence-electron chi connectivity index (χ1n) is 7.70. The SMILES string of the molecule is CCC1(C(=O)O)CCCN1C(=O)N1CC(C)CC(C)C1. The lowest BCUT2D eigenvalue weighted by atomic mass is 9.91. The van der Waals surface area contributed by atoms with E-state index < -0.39 is 11.5 Å². The molecule has 3 atom stereocenters. The van der Waals surface area contributed by atoms with Gasteiger partial charge in [-0.05, 0) is 37.5 Å². The number of carboxylic acids is 1. The number of carbonyl (C=O) groups is 2. The number of likely N-dealkylation sites (tertiary alicyclic amines) is 2. The lowest BCUT2D eigenvalue weighted by Gasteiger charge is -2.41. The molecule has 2 aliphatic rings. The first-order chi connectivity index (χ1) is 9.40. The molecule has 2 rings (SSSR count). The third-order valence-corrected chi connectivity index (χ3v) is 4.84. The molecule has 0 radical (unpaired) electrons. The average Bonchev–Trinajstić information content (AvgIpc) is 2.81. The van der Waals surface area contributed by atoms with Crippen molar-refractivity contribution in [2.45, 2.75) is 52.0 Å². The van der Waals surface area contributed by atoms with Crippen LogP contribution in [0.5, 0.6) is 0 Å². The Bertz CT molecular complexity index is 389. The minimum absolute atomic E-state index is 0.0786. The fourth-order valence-corrected chi connectivity index (χ4v) is 3.89. The molecule has 114 valence electrons. The molecule has 2 aliphatic heterocycles. The maximum Gasteiger partial charge on any atom is 0.329 e. The molecule has 0 aromatic carbocycles. The molecule has 0 saturated carbocycles. The van der Waals surface area contributed by atoms with E-state index in [9.17, 15) is 14.7 Å². The normalized spacial score (nSPS) is 34.4. The average molecular weight is 282 g/mol. The van der Waals surface area contributed by atoms with E-state index in [4.69, 9.17) is 0 Å². The summed E-state index contributed by atoms with van der Waals surface area (Å²) in [5, 5.41) is 9.57. The first-order valence-corrected chi connectivity index (χ1v) is 7.70. The number of carboxylic acid groups (broad SMARTS) is 1. The van der Waals surface area contributed by atoms with Gasteiger partial charge in [0, 0.05) is 19.6 Å². The standard InChI is InChI=1S/C15H26N2O3/c1-4-15(13(18)19)6-5-7-17(15)14(20)16-9-11(2)8-12(3)10-16/h11-12H,4-10H2,1-3H3,(H,18,19). The lowest BCUT2D eigenvalue weighted by Crippen LogP contribution is -2.58. The van der Waals surface area contributed by atoms with Gasteiger partial charge in [-0.2, -0.15) is 0 Å². The van der Waals surface area contributed by atoms with Gasteiger partial charge >= 0.3 is 12.0 Å². The van der Waals surface area contributed by atoms with Crippen molar-refractivity contribution < 1.29 is 14.7 Å². The van der Waals surface area contributed by atoms with Gasteiger partial charge in [0.2, 0.25) is 0 Å². The summed E-state index contributed by atoms with van der Waals surface area (Å²) in [6.45, 7) is 8.24. The molecular formula is C15H26N2O3. The fraction of sp³-hybridized carbons (Fsp3) is 0.867. The molecule has 20 heavy (non-hydrogen) atoms. The van der Waals surface area contributed by atoms with Gasteiger partial charge in [-0.3, -0.25) is 0 Å². The van der Waals surface area contributed by atoms with Crippen LogP contribution in [0, 0.1) is 11.8 Å². The third-order valence-electron chi connectivity index (χ3n) is 4.84. The minimum atomic E-state index is -0.985. The molecule has 3 unspecified atom stereocenters. The summed E-state index contributed by atoms with van der Waals surface area (Å²) in [6, 6.07) is -0.0786. The molecule has 2 amide bonds. The van der Waals surface area contributed by atoms with Gasteiger partial charge in [-0.1, -0.05) is 20.8 Å². The second-order valence-electron chi connectivity index (χ2n) is 6.58. The number of hydrogen-bond donors (Lipinski definition) is 1. The van der Waals surface area contributed by atoms with E-state index in [0.717, 1.165) is 25.9 Å². The van der Waals surface area contributed by atoms with Crippen LogP contribution in [-0.2, 0) is 4.79 Å². The summed E-state index contributed by atoms with van der Waals surface area (Å²) in [5.74, 6) is 0.126. The van der Waals surface area contributed by atoms with Crippen LogP contribution >= 0.6 is 0 Å². The molecule has 0 aromatic rings. The predicted molar refractivity (Wildman–Crippen MR) is 76.5 cm³/mol. The number of hydrogen-bond acceptors (Lipinski definition) is 2. The van der Waals surface area contributed by atoms with E-state index in [2.05, 4.69) is 13.8 Å². The zero-order chi connectivity index (χ0) is 14.9. The van der Waals surface area contributed by atoms with Crippen molar-refractivity contribution in [3.05, 3.63) is 0 Å². The molecule has 2 fully saturated rings. The van der Waals surface area contributed by atoms with E-state index in [0.29, 0.717) is 31.2 Å². The van der Waals surface area contributed by atoms with Crippen LogP contribution in [0.1, 0.15) is 46.5 Å². The van der Waals surface area contributed by atoms with E-state index in [-0.39, 0.29) is 6.03 Å². The molecule has 0 spiro atoms. The van der Waals surface area contributed by atoms with Crippen molar-refractivity contribution in [1.29, 1.82) is 0 Å². The number of carbonyl (C=O) groups excluding carboxylic acids is 1. The molecule has 0 aliphatic carbocycles. The van der Waals surface area contributed by atoms with Gasteiger partial charge in [0.05, 0.1) is 0 Å². The maximum atomic E-state index is 12.8. The van der Waals surface area contributed by atoms with Crippen molar-refractivity contribution in [3.8, 4) is 0 Å². The van der Waals surface area contributed by atoms with Crippen molar-refractivity contribution in [2.24, 2.45) is 11.8 Å². The van der Waals surface area contributed by atoms with E-state index in [1.807, 2.05) is 11.8 Å². The Kier molecular flexibility index (Phi) is 4.25. The first kappa shape index (κ1) is 15.1. The van der Waals surface area contributed by atoms with Crippen molar-refractivity contribution >= 4 is 12.0 Å². The van der Waals surface area contributed by atoms with Gasteiger partial charge in [0.1, 0.15) is 5.54 Å². The van der Waals surface area contributed by atoms with Gasteiger partial charge in [-0.25, -0.2) is 9.59 Å². The van der Waals surface area contributed by atoms with Gasteiger partial charge in [-0.15, -0.1) is 0 Å². The fourth-order valence-electron chi connectivity index (χ4n) is 3.89. The summed E-state index contributed by atoms with van der Waals surface area (Å²) in [6.07, 6.45) is 2.98. The van der Waals surface area contributed by atoms with Crippen LogP contribution in [0.3, 0.4) is 0 Å². The Morgan fingerprint density at radius 2 is 1.85 bits per heavy atom. The smallest absolute Gasteiger partial charge is 0.329 e. The predicted octanol–water partition coefficient (Wildman–Crippen LogP) is 2.41. The number of amides is 2. The summed E-state index contributed by atoms with van der Waals surface area (Å²) in [7, 11) is 0. The highest BCUT2D eigenvalue weighted by Crippen LogP contribution is 2.34. The molecule has 2 heterocycles. The zero-order valence-corrected chi connectivity index (χ0v) is 12.8. The quantitative estimate of drug-likeness (QED) is 0.846. The van der Waals surface area contributed by atoms with Crippen LogP contribution in [0.25, 0.3) is 0 Å². The van der Waals surface area contributed by atoms with Crippen LogP contribution in [-0.4, -0.2) is 52.1 Å². The second kappa shape index (κ2) is 5.62. The Hall–Kier alpha value is -1.26. The Morgan fingerprint density at radius 1 is 1.25 bits per heavy atom. The summed E-state index contributed by atoms with van der Waals surface area (Å²) in [4.78, 5) is 27.9. The minimum Gasteiger partial charge on any atom is -0.479 e. The van der Waals surface area contributed by atoms with E-state index in [1.165, 1.54) is 0 Å². The zero-order valence-electron chi connectivity index (χ0n) is 12.8. The molecular weight excluding hydrogens is 256 g/mol. The summed E-state index contributed by atoms with van der Waals surface area (Å²) >= 11 is 0. The Labute approximate surface area is 120 Å². The van der Waals surface area contributed by atoms with Gasteiger partial charge in [0.25, 0.3) is 0 Å². The number of piperidine rings is 1. The van der Waals surface area contributed by atoms with E-state index in [1.54, 1.807) is 4.90 Å². The number of nitrogens with zero attached hydrogens (tertiary/aromatic N) is 2. The van der Waals surface area contributed by atoms with Crippen LogP contribution < -0.4 is 0 Å². The monoisotopic (exact) mass is 282 g/mol. The number of rotatable bonds is 2. The van der Waals surface area contributed by atoms with Crippen LogP contribution in [0.2, 0.25) is 0 Å². The highest BCUT2D eigenvalue weighted by molar-refractivity contribution is 5.87. The van der Waals surface area contributed by atoms with Crippen LogP contribution in [0.4, 0.5) is 4.79 Å². The summed E-state index contributed by atoms with van der Waals surface area (Å²) in [5.41, 5.74) is -0.985. The van der Waals surface area contributed by atoms with E-state index >= 15 is 0 Å². The topological polar surface area (TPSA) is 60.9 Å². The maximum absolute atomic E-state index is 12.8. The van der Waals surface area contributed by atoms with Crippen molar-refractivity contribution in [3.63, 3.8) is 0 Å². The summed E-state index contributed by atoms with van der Waals surface area (Å²) < 4.78 is 0. The molecule has 0 bridgehead atoms. The highest BCUT2D eigenvalue weighted by Gasteiger charge is 2.50. The van der Waals surface area contributed by atoms with Gasteiger partial charge in [0.15, 0.2) is 0 Å². The number of aliphatic carboxylic acids is 1. The molecule has 0 aromatic heterocycles. The molecule has 2 saturated heterocycles. The molecule has 5 nitrogen and oxygen atoms in total. The highest BCUT2D eigenvalue weighted by atomic mass is 16.4. The Balaban J connectivity index is 2.17. The Morgan fingerprint density at radius 3 is 2.35 bits per heavy atom. The van der Waals surface area contributed by atoms with Crippen LogP contribution in [0.15, 0.2) is 0 Å². The third kappa shape index (κ3) is 2.50.